The van der Waals surface area contributed by atoms with E-state index >= 15 is 0 Å². The van der Waals surface area contributed by atoms with Gasteiger partial charge < -0.3 is 20.3 Å². The third-order valence-electron chi connectivity index (χ3n) is 4.45. The molecule has 0 unspecified atom stereocenters. The first-order valence-electron chi connectivity index (χ1n) is 9.84. The standard InChI is InChI=1S/C22H31N5O2/c1-5-29-20-14-17(2)9-10-18(20)15-25-22(23-3)26-16-21(28)27(4)13-11-19-8-6-7-12-24-19/h6-10,12,14H,5,11,13,15-16H2,1-4H3,(H2,23,25,26). The highest BCUT2D eigenvalue weighted by atomic mass is 16.5. The van der Waals surface area contributed by atoms with Crippen molar-refractivity contribution >= 4 is 11.9 Å². The summed E-state index contributed by atoms with van der Waals surface area (Å²) in [4.78, 5) is 22.5. The lowest BCUT2D eigenvalue weighted by Gasteiger charge is -2.19. The number of ether oxygens (including phenoxy) is 1. The summed E-state index contributed by atoms with van der Waals surface area (Å²) in [5, 5.41) is 6.31. The van der Waals surface area contributed by atoms with E-state index in [4.69, 9.17) is 4.74 Å². The molecule has 0 radical (unpaired) electrons. The van der Waals surface area contributed by atoms with Crippen LogP contribution in [-0.2, 0) is 17.8 Å². The molecule has 7 nitrogen and oxygen atoms in total. The van der Waals surface area contributed by atoms with Crippen LogP contribution in [0, 0.1) is 6.92 Å². The fourth-order valence-corrected chi connectivity index (χ4v) is 2.74. The topological polar surface area (TPSA) is 78.8 Å². The maximum atomic E-state index is 12.4. The molecule has 0 saturated carbocycles. The molecule has 1 aromatic heterocycles. The van der Waals surface area contributed by atoms with Crippen LogP contribution in [0.5, 0.6) is 5.75 Å². The van der Waals surface area contributed by atoms with Crippen LogP contribution in [0.25, 0.3) is 0 Å². The lowest BCUT2D eigenvalue weighted by molar-refractivity contribution is -0.128. The Morgan fingerprint density at radius 3 is 2.76 bits per heavy atom. The summed E-state index contributed by atoms with van der Waals surface area (Å²) >= 11 is 0. The predicted molar refractivity (Wildman–Crippen MR) is 116 cm³/mol. The van der Waals surface area contributed by atoms with E-state index in [1.54, 1.807) is 25.2 Å². The fourth-order valence-electron chi connectivity index (χ4n) is 2.74. The zero-order valence-electron chi connectivity index (χ0n) is 17.7. The number of benzene rings is 1. The molecule has 0 atom stereocenters. The Morgan fingerprint density at radius 2 is 2.07 bits per heavy atom. The number of likely N-dealkylation sites (N-methyl/N-ethyl adjacent to an activating group) is 1. The first-order chi connectivity index (χ1) is 14.0. The van der Waals surface area contributed by atoms with Crippen LogP contribution in [0.1, 0.15) is 23.7 Å². The van der Waals surface area contributed by atoms with Gasteiger partial charge in [-0.25, -0.2) is 0 Å². The average molecular weight is 398 g/mol. The first-order valence-corrected chi connectivity index (χ1v) is 9.84. The highest BCUT2D eigenvalue weighted by Gasteiger charge is 2.11. The van der Waals surface area contributed by atoms with Gasteiger partial charge in [-0.2, -0.15) is 0 Å². The summed E-state index contributed by atoms with van der Waals surface area (Å²) in [6, 6.07) is 11.9. The van der Waals surface area contributed by atoms with Gasteiger partial charge in [-0.3, -0.25) is 14.8 Å². The summed E-state index contributed by atoms with van der Waals surface area (Å²) in [5.74, 6) is 1.43. The number of carbonyl (C=O) groups excluding carboxylic acids is 1. The molecule has 2 rings (SSSR count). The Labute approximate surface area is 173 Å². The van der Waals surface area contributed by atoms with E-state index in [0.29, 0.717) is 25.7 Å². The second-order valence-corrected chi connectivity index (χ2v) is 6.71. The fraction of sp³-hybridized carbons (Fsp3) is 0.409. The van der Waals surface area contributed by atoms with Crippen LogP contribution in [0.2, 0.25) is 0 Å². The summed E-state index contributed by atoms with van der Waals surface area (Å²) < 4.78 is 5.71. The molecule has 1 heterocycles. The van der Waals surface area contributed by atoms with E-state index in [2.05, 4.69) is 26.7 Å². The van der Waals surface area contributed by atoms with Gasteiger partial charge in [0.1, 0.15) is 5.75 Å². The van der Waals surface area contributed by atoms with E-state index in [1.165, 1.54) is 0 Å². The molecule has 0 spiro atoms. The lowest BCUT2D eigenvalue weighted by atomic mass is 10.1. The molecule has 2 aromatic rings. The van der Waals surface area contributed by atoms with Crippen LogP contribution in [0.15, 0.2) is 47.6 Å². The van der Waals surface area contributed by atoms with Crippen molar-refractivity contribution in [3.63, 3.8) is 0 Å². The van der Waals surface area contributed by atoms with Crippen molar-refractivity contribution in [2.24, 2.45) is 4.99 Å². The molecule has 0 aliphatic rings. The van der Waals surface area contributed by atoms with Gasteiger partial charge in [0.2, 0.25) is 5.91 Å². The zero-order chi connectivity index (χ0) is 21.1. The number of aromatic nitrogens is 1. The summed E-state index contributed by atoms with van der Waals surface area (Å²) in [5.41, 5.74) is 3.17. The Morgan fingerprint density at radius 1 is 1.24 bits per heavy atom. The molecule has 0 bridgehead atoms. The maximum Gasteiger partial charge on any atom is 0.241 e. The van der Waals surface area contributed by atoms with Gasteiger partial charge in [0.25, 0.3) is 0 Å². The largest absolute Gasteiger partial charge is 0.494 e. The highest BCUT2D eigenvalue weighted by Crippen LogP contribution is 2.20. The zero-order valence-corrected chi connectivity index (χ0v) is 17.7. The second-order valence-electron chi connectivity index (χ2n) is 6.71. The Kier molecular flexibility index (Phi) is 8.95. The smallest absolute Gasteiger partial charge is 0.241 e. The number of nitrogens with zero attached hydrogens (tertiary/aromatic N) is 3. The monoisotopic (exact) mass is 397 g/mol. The minimum absolute atomic E-state index is 0.00535. The van der Waals surface area contributed by atoms with E-state index in [-0.39, 0.29) is 12.5 Å². The van der Waals surface area contributed by atoms with Gasteiger partial charge in [-0.1, -0.05) is 18.2 Å². The molecule has 1 aromatic carbocycles. The summed E-state index contributed by atoms with van der Waals surface area (Å²) in [6.45, 7) is 5.96. The molecular weight excluding hydrogens is 366 g/mol. The van der Waals surface area contributed by atoms with Crippen molar-refractivity contribution in [2.75, 3.05) is 33.8 Å². The number of nitrogens with one attached hydrogen (secondary N) is 2. The number of amides is 1. The molecule has 0 saturated heterocycles. The third kappa shape index (κ3) is 7.44. The number of carbonyl (C=O) groups is 1. The van der Waals surface area contributed by atoms with Gasteiger partial charge in [0.15, 0.2) is 5.96 Å². The van der Waals surface area contributed by atoms with Crippen molar-refractivity contribution in [1.29, 1.82) is 0 Å². The number of aryl methyl sites for hydroxylation is 1. The van der Waals surface area contributed by atoms with Crippen LogP contribution in [-0.4, -0.2) is 55.5 Å². The third-order valence-corrected chi connectivity index (χ3v) is 4.45. The van der Waals surface area contributed by atoms with Crippen LogP contribution in [0.4, 0.5) is 0 Å². The lowest BCUT2D eigenvalue weighted by Crippen LogP contribution is -2.43. The van der Waals surface area contributed by atoms with E-state index in [1.807, 2.05) is 44.2 Å². The summed E-state index contributed by atoms with van der Waals surface area (Å²) in [6.07, 6.45) is 2.49. The van der Waals surface area contributed by atoms with Crippen molar-refractivity contribution in [3.8, 4) is 5.75 Å². The first kappa shape index (κ1) is 22.2. The average Bonchev–Trinajstić information content (AvgIpc) is 2.74. The van der Waals surface area contributed by atoms with Gasteiger partial charge in [0, 0.05) is 51.1 Å². The molecule has 156 valence electrons. The van der Waals surface area contributed by atoms with Crippen molar-refractivity contribution in [2.45, 2.75) is 26.8 Å². The van der Waals surface area contributed by atoms with Crippen LogP contribution in [0.3, 0.4) is 0 Å². The molecule has 1 amide bonds. The van der Waals surface area contributed by atoms with Gasteiger partial charge in [0.05, 0.1) is 13.2 Å². The quantitative estimate of drug-likeness (QED) is 0.501. The van der Waals surface area contributed by atoms with E-state index in [9.17, 15) is 4.79 Å². The number of hydrogen-bond donors (Lipinski definition) is 2. The SMILES string of the molecule is CCOc1cc(C)ccc1CNC(=NC)NCC(=O)N(C)CCc1ccccn1. The van der Waals surface area contributed by atoms with Crippen LogP contribution >= 0.6 is 0 Å². The van der Waals surface area contributed by atoms with Crippen LogP contribution < -0.4 is 15.4 Å². The van der Waals surface area contributed by atoms with Crippen molar-refractivity contribution in [3.05, 3.63) is 59.4 Å². The van der Waals surface area contributed by atoms with Gasteiger partial charge in [-0.05, 0) is 37.6 Å². The minimum atomic E-state index is -0.00535. The number of rotatable bonds is 9. The Bertz CT molecular complexity index is 808. The minimum Gasteiger partial charge on any atom is -0.494 e. The number of hydrogen-bond acceptors (Lipinski definition) is 4. The molecular formula is C22H31N5O2. The van der Waals surface area contributed by atoms with E-state index in [0.717, 1.165) is 29.0 Å². The van der Waals surface area contributed by atoms with E-state index < -0.39 is 0 Å². The molecule has 0 aliphatic heterocycles. The molecule has 0 aliphatic carbocycles. The Hall–Kier alpha value is -3.09. The molecule has 7 heteroatoms. The van der Waals surface area contributed by atoms with Gasteiger partial charge in [-0.15, -0.1) is 0 Å². The molecule has 29 heavy (non-hydrogen) atoms. The summed E-state index contributed by atoms with van der Waals surface area (Å²) in [7, 11) is 3.48. The normalized spacial score (nSPS) is 11.1. The Balaban J connectivity index is 1.80. The van der Waals surface area contributed by atoms with Crippen molar-refractivity contribution < 1.29 is 9.53 Å². The van der Waals surface area contributed by atoms with Crippen molar-refractivity contribution in [1.82, 2.24) is 20.5 Å². The maximum absolute atomic E-state index is 12.4. The number of guanidine groups is 1. The predicted octanol–water partition coefficient (Wildman–Crippen LogP) is 2.15. The number of aliphatic imine (C=N–C) groups is 1. The highest BCUT2D eigenvalue weighted by molar-refractivity contribution is 5.86. The van der Waals surface area contributed by atoms with Gasteiger partial charge >= 0.3 is 0 Å². The molecule has 0 fully saturated rings. The molecule has 2 N–H and O–H groups in total. The number of pyridine rings is 1. The second kappa shape index (κ2) is 11.7.